The predicted octanol–water partition coefficient (Wildman–Crippen LogP) is 5.05. The van der Waals surface area contributed by atoms with Crippen LogP contribution in [0.15, 0.2) is 43.5 Å². The van der Waals surface area contributed by atoms with Gasteiger partial charge in [-0.05, 0) is 30.7 Å². The standard InChI is InChI=1S/C16H13ClFN/c1-4-12-9-10(2)15(19-16(12)11(3)17)13-7-5-6-8-14(13)18/h4-9H,1,3H2,2H3. The number of aryl methyl sites for hydroxylation is 1. The van der Waals surface area contributed by atoms with E-state index in [0.29, 0.717) is 22.0 Å². The van der Waals surface area contributed by atoms with E-state index in [2.05, 4.69) is 18.1 Å². The quantitative estimate of drug-likeness (QED) is 0.763. The topological polar surface area (TPSA) is 12.9 Å². The molecule has 2 rings (SSSR count). The van der Waals surface area contributed by atoms with Crippen LogP contribution >= 0.6 is 11.6 Å². The first-order valence-corrected chi connectivity index (χ1v) is 6.16. The molecule has 0 aliphatic carbocycles. The van der Waals surface area contributed by atoms with Gasteiger partial charge >= 0.3 is 0 Å². The molecule has 1 aromatic carbocycles. The first kappa shape index (κ1) is 13.5. The number of rotatable bonds is 3. The lowest BCUT2D eigenvalue weighted by Gasteiger charge is -2.11. The largest absolute Gasteiger partial charge is 0.246 e. The Labute approximate surface area is 117 Å². The SMILES string of the molecule is C=Cc1cc(C)c(-c2ccccc2F)nc1C(=C)Cl. The van der Waals surface area contributed by atoms with Crippen molar-refractivity contribution < 1.29 is 4.39 Å². The summed E-state index contributed by atoms with van der Waals surface area (Å²) in [6, 6.07) is 8.40. The van der Waals surface area contributed by atoms with Crippen LogP contribution in [0.25, 0.3) is 22.4 Å². The van der Waals surface area contributed by atoms with E-state index in [1.54, 1.807) is 24.3 Å². The Morgan fingerprint density at radius 1 is 1.37 bits per heavy atom. The molecule has 0 bridgehead atoms. The molecule has 0 aliphatic heterocycles. The second-order valence-corrected chi connectivity index (χ2v) is 4.64. The number of pyridine rings is 1. The molecule has 0 unspecified atom stereocenters. The van der Waals surface area contributed by atoms with E-state index in [0.717, 1.165) is 11.1 Å². The molecule has 0 aliphatic rings. The van der Waals surface area contributed by atoms with E-state index in [4.69, 9.17) is 11.6 Å². The molecule has 1 nitrogen and oxygen atoms in total. The fourth-order valence-corrected chi connectivity index (χ4v) is 2.08. The second kappa shape index (κ2) is 5.37. The van der Waals surface area contributed by atoms with Gasteiger partial charge in [-0.25, -0.2) is 9.37 Å². The van der Waals surface area contributed by atoms with Crippen LogP contribution < -0.4 is 0 Å². The fourth-order valence-electron chi connectivity index (χ4n) is 1.93. The third-order valence-electron chi connectivity index (χ3n) is 2.85. The maximum Gasteiger partial charge on any atom is 0.132 e. The summed E-state index contributed by atoms with van der Waals surface area (Å²) in [5.74, 6) is -0.310. The van der Waals surface area contributed by atoms with Crippen LogP contribution in [0.5, 0.6) is 0 Å². The van der Waals surface area contributed by atoms with E-state index < -0.39 is 0 Å². The second-order valence-electron chi connectivity index (χ2n) is 4.18. The molecule has 1 heterocycles. The molecular weight excluding hydrogens is 261 g/mol. The number of halogens is 2. The van der Waals surface area contributed by atoms with Gasteiger partial charge in [0.1, 0.15) is 5.82 Å². The predicted molar refractivity (Wildman–Crippen MR) is 79.3 cm³/mol. The normalized spacial score (nSPS) is 10.3. The van der Waals surface area contributed by atoms with Gasteiger partial charge in [-0.2, -0.15) is 0 Å². The molecule has 96 valence electrons. The van der Waals surface area contributed by atoms with Crippen molar-refractivity contribution in [2.75, 3.05) is 0 Å². The number of nitrogens with zero attached hydrogens (tertiary/aromatic N) is 1. The molecule has 0 amide bonds. The van der Waals surface area contributed by atoms with Crippen molar-refractivity contribution in [3.05, 3.63) is 66.1 Å². The first-order chi connectivity index (χ1) is 9.04. The van der Waals surface area contributed by atoms with Gasteiger partial charge in [0.2, 0.25) is 0 Å². The van der Waals surface area contributed by atoms with Gasteiger partial charge in [-0.3, -0.25) is 0 Å². The van der Waals surface area contributed by atoms with Crippen molar-refractivity contribution in [2.24, 2.45) is 0 Å². The van der Waals surface area contributed by atoms with Crippen molar-refractivity contribution in [2.45, 2.75) is 6.92 Å². The van der Waals surface area contributed by atoms with E-state index >= 15 is 0 Å². The van der Waals surface area contributed by atoms with Crippen LogP contribution in [-0.4, -0.2) is 4.98 Å². The van der Waals surface area contributed by atoms with Crippen molar-refractivity contribution in [1.82, 2.24) is 4.98 Å². The fraction of sp³-hybridized carbons (Fsp3) is 0.0625. The molecule has 0 radical (unpaired) electrons. The van der Waals surface area contributed by atoms with Gasteiger partial charge in [0.25, 0.3) is 0 Å². The Kier molecular flexibility index (Phi) is 3.82. The third kappa shape index (κ3) is 2.59. The minimum Gasteiger partial charge on any atom is -0.246 e. The van der Waals surface area contributed by atoms with Crippen molar-refractivity contribution >= 4 is 22.7 Å². The van der Waals surface area contributed by atoms with Crippen LogP contribution in [0.3, 0.4) is 0 Å². The number of hydrogen-bond donors (Lipinski definition) is 0. The molecule has 0 saturated heterocycles. The molecule has 1 aromatic heterocycles. The summed E-state index contributed by atoms with van der Waals surface area (Å²) in [4.78, 5) is 4.43. The summed E-state index contributed by atoms with van der Waals surface area (Å²) in [5, 5.41) is 0.312. The summed E-state index contributed by atoms with van der Waals surface area (Å²) < 4.78 is 13.9. The molecule has 0 spiro atoms. The lowest BCUT2D eigenvalue weighted by Crippen LogP contribution is -1.97. The maximum absolute atomic E-state index is 13.9. The van der Waals surface area contributed by atoms with Gasteiger partial charge in [-0.15, -0.1) is 0 Å². The zero-order valence-electron chi connectivity index (χ0n) is 10.6. The Morgan fingerprint density at radius 2 is 2.05 bits per heavy atom. The minimum atomic E-state index is -0.310. The van der Waals surface area contributed by atoms with Gasteiger partial charge in [0.05, 0.1) is 16.4 Å². The lowest BCUT2D eigenvalue weighted by atomic mass is 10.0. The van der Waals surface area contributed by atoms with E-state index in [1.807, 2.05) is 13.0 Å². The molecule has 0 fully saturated rings. The minimum absolute atomic E-state index is 0.310. The monoisotopic (exact) mass is 273 g/mol. The Balaban J connectivity index is 2.72. The first-order valence-electron chi connectivity index (χ1n) is 5.78. The Hall–Kier alpha value is -1.93. The Morgan fingerprint density at radius 3 is 2.63 bits per heavy atom. The summed E-state index contributed by atoms with van der Waals surface area (Å²) in [7, 11) is 0. The van der Waals surface area contributed by atoms with E-state index in [-0.39, 0.29) is 5.82 Å². The van der Waals surface area contributed by atoms with E-state index in [9.17, 15) is 4.39 Å². The van der Waals surface area contributed by atoms with Crippen molar-refractivity contribution in [1.29, 1.82) is 0 Å². The highest BCUT2D eigenvalue weighted by atomic mass is 35.5. The molecule has 0 N–H and O–H groups in total. The molecular formula is C16H13ClFN. The van der Waals surface area contributed by atoms with Crippen LogP contribution in [0.4, 0.5) is 4.39 Å². The summed E-state index contributed by atoms with van der Waals surface area (Å²) in [5.41, 5.74) is 3.20. The van der Waals surface area contributed by atoms with Crippen LogP contribution in [0, 0.1) is 12.7 Å². The Bertz CT molecular complexity index is 662. The number of aromatic nitrogens is 1. The smallest absolute Gasteiger partial charge is 0.132 e. The highest BCUT2D eigenvalue weighted by Crippen LogP contribution is 2.29. The molecule has 0 atom stereocenters. The van der Waals surface area contributed by atoms with Crippen LogP contribution in [0.2, 0.25) is 0 Å². The van der Waals surface area contributed by atoms with Gasteiger partial charge in [-0.1, -0.05) is 43.0 Å². The zero-order chi connectivity index (χ0) is 14.0. The molecule has 0 saturated carbocycles. The zero-order valence-corrected chi connectivity index (χ0v) is 11.3. The number of hydrogen-bond acceptors (Lipinski definition) is 1. The number of benzene rings is 1. The van der Waals surface area contributed by atoms with Gasteiger partial charge in [0, 0.05) is 11.1 Å². The van der Waals surface area contributed by atoms with Crippen LogP contribution in [0.1, 0.15) is 16.8 Å². The van der Waals surface area contributed by atoms with Crippen molar-refractivity contribution in [3.8, 4) is 11.3 Å². The lowest BCUT2D eigenvalue weighted by molar-refractivity contribution is 0.630. The van der Waals surface area contributed by atoms with Gasteiger partial charge in [0.15, 0.2) is 0 Å². The van der Waals surface area contributed by atoms with E-state index in [1.165, 1.54) is 6.07 Å². The highest BCUT2D eigenvalue weighted by molar-refractivity contribution is 6.48. The highest BCUT2D eigenvalue weighted by Gasteiger charge is 2.13. The maximum atomic E-state index is 13.9. The molecule has 2 aromatic rings. The summed E-state index contributed by atoms with van der Waals surface area (Å²) >= 11 is 5.94. The average molecular weight is 274 g/mol. The summed E-state index contributed by atoms with van der Waals surface area (Å²) in [6.07, 6.45) is 1.66. The summed E-state index contributed by atoms with van der Waals surface area (Å²) in [6.45, 7) is 9.28. The average Bonchev–Trinajstić information content (AvgIpc) is 2.39. The third-order valence-corrected chi connectivity index (χ3v) is 3.03. The van der Waals surface area contributed by atoms with Crippen molar-refractivity contribution in [3.63, 3.8) is 0 Å². The molecule has 3 heteroatoms. The molecule has 19 heavy (non-hydrogen) atoms. The van der Waals surface area contributed by atoms with Gasteiger partial charge < -0.3 is 0 Å². The van der Waals surface area contributed by atoms with Crippen LogP contribution in [-0.2, 0) is 0 Å².